The topological polar surface area (TPSA) is 31.4 Å². The zero-order valence-electron chi connectivity index (χ0n) is 8.37. The second kappa shape index (κ2) is 5.54. The average molecular weight is 199 g/mol. The summed E-state index contributed by atoms with van der Waals surface area (Å²) in [6.45, 7) is 4.88. The summed E-state index contributed by atoms with van der Waals surface area (Å²) in [6, 6.07) is 4.46. The van der Waals surface area contributed by atoms with Crippen molar-refractivity contribution in [2.24, 2.45) is 0 Å². The number of hydrogen-bond donors (Lipinski definition) is 0. The Hall–Kier alpha value is -1.16. The molecular weight excluding hydrogens is 185 g/mol. The molecule has 4 heteroatoms. The molecule has 0 saturated carbocycles. The summed E-state index contributed by atoms with van der Waals surface area (Å²) < 4.78 is 23.1. The van der Waals surface area contributed by atoms with Crippen LogP contribution in [-0.4, -0.2) is 24.3 Å². The largest absolute Gasteiger partial charge is 0.472 e. The van der Waals surface area contributed by atoms with Gasteiger partial charge in [-0.3, -0.25) is 0 Å². The lowest BCUT2D eigenvalue weighted by Gasteiger charge is -2.13. The second-order valence-electron chi connectivity index (χ2n) is 2.89. The third-order valence-electron chi connectivity index (χ3n) is 1.57. The van der Waals surface area contributed by atoms with E-state index in [0.29, 0.717) is 13.2 Å². The minimum Gasteiger partial charge on any atom is -0.472 e. The number of hydrogen-bond acceptors (Lipinski definition) is 3. The van der Waals surface area contributed by atoms with Gasteiger partial charge in [0.15, 0.2) is 0 Å². The van der Waals surface area contributed by atoms with E-state index in [0.717, 1.165) is 0 Å². The number of rotatable bonds is 5. The maximum absolute atomic E-state index is 12.6. The highest BCUT2D eigenvalue weighted by molar-refractivity contribution is 5.10. The fraction of sp³-hybridized carbons (Fsp3) is 0.500. The van der Waals surface area contributed by atoms with E-state index < -0.39 is 5.95 Å². The first-order chi connectivity index (χ1) is 6.72. The smallest absolute Gasteiger partial charge is 0.216 e. The predicted molar refractivity (Wildman–Crippen MR) is 50.8 cm³/mol. The van der Waals surface area contributed by atoms with Gasteiger partial charge >= 0.3 is 0 Å². The Bertz CT molecular complexity index is 281. The quantitative estimate of drug-likeness (QED) is 0.680. The molecule has 1 atom stereocenters. The Morgan fingerprint density at radius 1 is 1.50 bits per heavy atom. The molecule has 14 heavy (non-hydrogen) atoms. The first-order valence-corrected chi connectivity index (χ1v) is 4.59. The van der Waals surface area contributed by atoms with Crippen LogP contribution in [0, 0.1) is 5.95 Å². The standard InChI is InChI=1S/C10H14FNO2/c1-3-13-7-8(2)14-10-6-4-5-9(11)12-10/h4-6,8H,3,7H2,1-2H3. The molecule has 78 valence electrons. The molecule has 0 aliphatic rings. The molecule has 1 unspecified atom stereocenters. The molecule has 0 amide bonds. The minimum atomic E-state index is -0.536. The van der Waals surface area contributed by atoms with E-state index in [1.54, 1.807) is 12.1 Å². The summed E-state index contributed by atoms with van der Waals surface area (Å²) in [5, 5.41) is 0. The maximum atomic E-state index is 12.6. The van der Waals surface area contributed by atoms with Crippen molar-refractivity contribution in [3.05, 3.63) is 24.1 Å². The van der Waals surface area contributed by atoms with Gasteiger partial charge in [-0.25, -0.2) is 0 Å². The van der Waals surface area contributed by atoms with Gasteiger partial charge in [-0.1, -0.05) is 6.07 Å². The average Bonchev–Trinajstić information content (AvgIpc) is 2.15. The summed E-state index contributed by atoms with van der Waals surface area (Å²) in [6.07, 6.45) is -0.121. The lowest BCUT2D eigenvalue weighted by atomic mass is 10.4. The fourth-order valence-corrected chi connectivity index (χ4v) is 0.979. The number of nitrogens with zero attached hydrogens (tertiary/aromatic N) is 1. The van der Waals surface area contributed by atoms with Crippen LogP contribution < -0.4 is 4.74 Å². The third-order valence-corrected chi connectivity index (χ3v) is 1.57. The lowest BCUT2D eigenvalue weighted by molar-refractivity contribution is 0.0629. The molecule has 1 aromatic heterocycles. The van der Waals surface area contributed by atoms with E-state index in [1.807, 2.05) is 13.8 Å². The van der Waals surface area contributed by atoms with Gasteiger partial charge in [0.05, 0.1) is 6.61 Å². The van der Waals surface area contributed by atoms with Crippen LogP contribution in [0.4, 0.5) is 4.39 Å². The van der Waals surface area contributed by atoms with Gasteiger partial charge in [0.25, 0.3) is 0 Å². The van der Waals surface area contributed by atoms with Crippen LogP contribution in [0.5, 0.6) is 5.88 Å². The lowest BCUT2D eigenvalue weighted by Crippen LogP contribution is -2.19. The normalized spacial score (nSPS) is 12.5. The van der Waals surface area contributed by atoms with E-state index in [9.17, 15) is 4.39 Å². The molecule has 0 fully saturated rings. The van der Waals surface area contributed by atoms with E-state index >= 15 is 0 Å². The zero-order chi connectivity index (χ0) is 10.4. The van der Waals surface area contributed by atoms with Crippen LogP contribution >= 0.6 is 0 Å². The summed E-state index contributed by atoms with van der Waals surface area (Å²) in [4.78, 5) is 3.58. The highest BCUT2D eigenvalue weighted by atomic mass is 19.1. The minimum absolute atomic E-state index is 0.121. The van der Waals surface area contributed by atoms with Crippen LogP contribution in [0.1, 0.15) is 13.8 Å². The van der Waals surface area contributed by atoms with Gasteiger partial charge in [0.1, 0.15) is 6.10 Å². The molecule has 1 rings (SSSR count). The third kappa shape index (κ3) is 3.70. The Labute approximate surface area is 82.9 Å². The molecule has 0 aromatic carbocycles. The molecule has 1 aromatic rings. The Morgan fingerprint density at radius 3 is 2.93 bits per heavy atom. The SMILES string of the molecule is CCOCC(C)Oc1cccc(F)n1. The summed E-state index contributed by atoms with van der Waals surface area (Å²) in [5.74, 6) is -0.247. The van der Waals surface area contributed by atoms with Crippen molar-refractivity contribution in [2.45, 2.75) is 20.0 Å². The summed E-state index contributed by atoms with van der Waals surface area (Å²) in [5.41, 5.74) is 0. The second-order valence-corrected chi connectivity index (χ2v) is 2.89. The first-order valence-electron chi connectivity index (χ1n) is 4.59. The van der Waals surface area contributed by atoms with E-state index in [1.165, 1.54) is 6.07 Å². The number of halogens is 1. The highest BCUT2D eigenvalue weighted by Gasteiger charge is 2.05. The summed E-state index contributed by atoms with van der Waals surface area (Å²) in [7, 11) is 0. The Balaban J connectivity index is 2.43. The summed E-state index contributed by atoms with van der Waals surface area (Å²) >= 11 is 0. The van der Waals surface area contributed by atoms with Crippen LogP contribution in [0.2, 0.25) is 0 Å². The van der Waals surface area contributed by atoms with Gasteiger partial charge in [-0.15, -0.1) is 0 Å². The van der Waals surface area contributed by atoms with Crippen LogP contribution in [-0.2, 0) is 4.74 Å². The van der Waals surface area contributed by atoms with Crippen molar-refractivity contribution in [2.75, 3.05) is 13.2 Å². The highest BCUT2D eigenvalue weighted by Crippen LogP contribution is 2.08. The van der Waals surface area contributed by atoms with Crippen molar-refractivity contribution in [1.29, 1.82) is 0 Å². The van der Waals surface area contributed by atoms with Crippen LogP contribution in [0.25, 0.3) is 0 Å². The van der Waals surface area contributed by atoms with Gasteiger partial charge in [-0.05, 0) is 19.9 Å². The van der Waals surface area contributed by atoms with Crippen molar-refractivity contribution in [3.63, 3.8) is 0 Å². The van der Waals surface area contributed by atoms with Gasteiger partial charge in [0, 0.05) is 12.7 Å². The van der Waals surface area contributed by atoms with Crippen molar-refractivity contribution in [1.82, 2.24) is 4.98 Å². The van der Waals surface area contributed by atoms with Crippen molar-refractivity contribution in [3.8, 4) is 5.88 Å². The van der Waals surface area contributed by atoms with Crippen molar-refractivity contribution >= 4 is 0 Å². The van der Waals surface area contributed by atoms with Gasteiger partial charge in [-0.2, -0.15) is 9.37 Å². The number of aromatic nitrogens is 1. The molecule has 0 saturated heterocycles. The predicted octanol–water partition coefficient (Wildman–Crippen LogP) is 2.02. The number of ether oxygens (including phenoxy) is 2. The molecule has 0 aliphatic carbocycles. The molecule has 0 radical (unpaired) electrons. The fourth-order valence-electron chi connectivity index (χ4n) is 0.979. The molecule has 1 heterocycles. The maximum Gasteiger partial charge on any atom is 0.216 e. The first kappa shape index (κ1) is 10.9. The van der Waals surface area contributed by atoms with Gasteiger partial charge < -0.3 is 9.47 Å². The van der Waals surface area contributed by atoms with Crippen LogP contribution in [0.15, 0.2) is 18.2 Å². The van der Waals surface area contributed by atoms with E-state index in [-0.39, 0.29) is 12.0 Å². The van der Waals surface area contributed by atoms with Crippen LogP contribution in [0.3, 0.4) is 0 Å². The molecule has 0 N–H and O–H groups in total. The molecule has 3 nitrogen and oxygen atoms in total. The molecule has 0 bridgehead atoms. The number of pyridine rings is 1. The Morgan fingerprint density at radius 2 is 2.29 bits per heavy atom. The molecule has 0 spiro atoms. The molecular formula is C10H14FNO2. The van der Waals surface area contributed by atoms with E-state index in [4.69, 9.17) is 9.47 Å². The van der Waals surface area contributed by atoms with Crippen molar-refractivity contribution < 1.29 is 13.9 Å². The monoisotopic (exact) mass is 199 g/mol. The van der Waals surface area contributed by atoms with E-state index in [2.05, 4.69) is 4.98 Å². The molecule has 0 aliphatic heterocycles. The van der Waals surface area contributed by atoms with Gasteiger partial charge in [0.2, 0.25) is 11.8 Å². The Kier molecular flexibility index (Phi) is 4.32. The zero-order valence-corrected chi connectivity index (χ0v) is 8.37.